The maximum Gasteiger partial charge on any atom is 0.0645 e. The third-order valence-corrected chi connectivity index (χ3v) is 3.60. The van der Waals surface area contributed by atoms with Crippen LogP contribution in [0, 0.1) is 0 Å². The van der Waals surface area contributed by atoms with Crippen LogP contribution in [0.5, 0.6) is 0 Å². The molecule has 3 rings (SSSR count). The minimum atomic E-state index is 0.0869. The lowest BCUT2D eigenvalue weighted by molar-refractivity contribution is -0.0312. The number of benzene rings is 1. The molecule has 2 heterocycles. The number of aliphatic hydroxyl groups excluding tert-OH is 1. The molecule has 5 nitrogen and oxygen atoms in total. The van der Waals surface area contributed by atoms with Crippen LogP contribution in [0.2, 0.25) is 0 Å². The Bertz CT molecular complexity index is 541. The van der Waals surface area contributed by atoms with Crippen LogP contribution >= 0.6 is 0 Å². The summed E-state index contributed by atoms with van der Waals surface area (Å²) in [6.45, 7) is 3.10. The Labute approximate surface area is 118 Å². The van der Waals surface area contributed by atoms with E-state index in [1.54, 1.807) is 0 Å². The molecule has 0 amide bonds. The van der Waals surface area contributed by atoms with Crippen LogP contribution in [0.3, 0.4) is 0 Å². The van der Waals surface area contributed by atoms with E-state index in [-0.39, 0.29) is 12.6 Å². The van der Waals surface area contributed by atoms with Gasteiger partial charge in [-0.3, -0.25) is 4.90 Å². The van der Waals surface area contributed by atoms with Crippen molar-refractivity contribution < 1.29 is 9.84 Å². The number of nitrogens with zero attached hydrogens (tertiary/aromatic N) is 3. The maximum absolute atomic E-state index is 9.38. The second-order valence-electron chi connectivity index (χ2n) is 5.01. The number of rotatable bonds is 4. The predicted octanol–water partition coefficient (Wildman–Crippen LogP) is 1.07. The fourth-order valence-corrected chi connectivity index (χ4v) is 2.46. The summed E-state index contributed by atoms with van der Waals surface area (Å²) in [6, 6.07) is 10.1. The summed E-state index contributed by atoms with van der Waals surface area (Å²) in [7, 11) is 0. The van der Waals surface area contributed by atoms with Gasteiger partial charge in [0.15, 0.2) is 0 Å². The molecule has 0 radical (unpaired) electrons. The van der Waals surface area contributed by atoms with Gasteiger partial charge in [-0.05, 0) is 12.1 Å². The lowest BCUT2D eigenvalue weighted by Crippen LogP contribution is -2.46. The van der Waals surface area contributed by atoms with Crippen LogP contribution in [-0.4, -0.2) is 52.2 Å². The molecular formula is C15H19N3O2. The van der Waals surface area contributed by atoms with Gasteiger partial charge in [-0.25, -0.2) is 4.68 Å². The minimum absolute atomic E-state index is 0.0869. The Morgan fingerprint density at radius 1 is 1.30 bits per heavy atom. The Morgan fingerprint density at radius 3 is 2.95 bits per heavy atom. The first-order valence-corrected chi connectivity index (χ1v) is 6.88. The third kappa shape index (κ3) is 2.90. The molecule has 1 N–H and O–H groups in total. The van der Waals surface area contributed by atoms with Gasteiger partial charge in [-0.2, -0.15) is 5.10 Å². The highest BCUT2D eigenvalue weighted by Gasteiger charge is 2.22. The van der Waals surface area contributed by atoms with Crippen molar-refractivity contribution in [3.8, 4) is 5.69 Å². The molecule has 1 aromatic carbocycles. The standard InChI is InChI=1S/C15H19N3O2/c19-11-15-12-20-7-6-17(15)9-13-8-16-18(10-13)14-4-2-1-3-5-14/h1-5,8,10,15,19H,6-7,9,11-12H2/t15-/m0/s1. The maximum atomic E-state index is 9.38. The van der Waals surface area contributed by atoms with Crippen molar-refractivity contribution in [2.75, 3.05) is 26.4 Å². The van der Waals surface area contributed by atoms with Crippen LogP contribution < -0.4 is 0 Å². The van der Waals surface area contributed by atoms with E-state index in [1.807, 2.05) is 47.4 Å². The second-order valence-corrected chi connectivity index (χ2v) is 5.01. The van der Waals surface area contributed by atoms with Crippen molar-refractivity contribution >= 4 is 0 Å². The van der Waals surface area contributed by atoms with Gasteiger partial charge in [0.1, 0.15) is 0 Å². The number of morpholine rings is 1. The van der Waals surface area contributed by atoms with E-state index in [0.717, 1.165) is 30.9 Å². The summed E-state index contributed by atoms with van der Waals surface area (Å²) in [5.41, 5.74) is 2.20. The van der Waals surface area contributed by atoms with Crippen LogP contribution in [0.25, 0.3) is 5.69 Å². The van der Waals surface area contributed by atoms with Gasteiger partial charge in [0, 0.05) is 24.8 Å². The first-order chi connectivity index (χ1) is 9.86. The quantitative estimate of drug-likeness (QED) is 0.905. The van der Waals surface area contributed by atoms with Crippen LogP contribution in [-0.2, 0) is 11.3 Å². The van der Waals surface area contributed by atoms with Crippen molar-refractivity contribution in [1.29, 1.82) is 0 Å². The molecule has 20 heavy (non-hydrogen) atoms. The van der Waals surface area contributed by atoms with E-state index in [9.17, 15) is 5.11 Å². The summed E-state index contributed by atoms with van der Waals surface area (Å²) < 4.78 is 7.27. The van der Waals surface area contributed by atoms with Gasteiger partial charge in [0.05, 0.1) is 37.7 Å². The molecule has 106 valence electrons. The zero-order chi connectivity index (χ0) is 13.8. The summed E-state index contributed by atoms with van der Waals surface area (Å²) >= 11 is 0. The van der Waals surface area contributed by atoms with Crippen molar-refractivity contribution in [3.05, 3.63) is 48.3 Å². The molecule has 1 aliphatic rings. The zero-order valence-electron chi connectivity index (χ0n) is 11.4. The smallest absolute Gasteiger partial charge is 0.0645 e. The summed E-state index contributed by atoms with van der Waals surface area (Å²) in [5.74, 6) is 0. The number of ether oxygens (including phenoxy) is 1. The zero-order valence-corrected chi connectivity index (χ0v) is 11.4. The SMILES string of the molecule is OC[C@H]1COCCN1Cc1cnn(-c2ccccc2)c1. The first-order valence-electron chi connectivity index (χ1n) is 6.88. The highest BCUT2D eigenvalue weighted by molar-refractivity contribution is 5.30. The average molecular weight is 273 g/mol. The van der Waals surface area contributed by atoms with Gasteiger partial charge >= 0.3 is 0 Å². The van der Waals surface area contributed by atoms with Gasteiger partial charge in [-0.1, -0.05) is 18.2 Å². The van der Waals surface area contributed by atoms with Gasteiger partial charge < -0.3 is 9.84 Å². The van der Waals surface area contributed by atoms with Gasteiger partial charge in [0.2, 0.25) is 0 Å². The van der Waals surface area contributed by atoms with E-state index in [1.165, 1.54) is 0 Å². The topological polar surface area (TPSA) is 50.5 Å². The molecule has 1 aliphatic heterocycles. The number of aromatic nitrogens is 2. The molecule has 0 aliphatic carbocycles. The Morgan fingerprint density at radius 2 is 2.15 bits per heavy atom. The van der Waals surface area contributed by atoms with Crippen molar-refractivity contribution in [2.45, 2.75) is 12.6 Å². The molecule has 5 heteroatoms. The van der Waals surface area contributed by atoms with E-state index < -0.39 is 0 Å². The number of para-hydroxylation sites is 1. The normalized spacial score (nSPS) is 20.1. The molecule has 1 aromatic heterocycles. The first kappa shape index (κ1) is 13.3. The van der Waals surface area contributed by atoms with E-state index in [2.05, 4.69) is 10.00 Å². The van der Waals surface area contributed by atoms with Crippen molar-refractivity contribution in [1.82, 2.24) is 14.7 Å². The predicted molar refractivity (Wildman–Crippen MR) is 75.7 cm³/mol. The molecule has 0 spiro atoms. The molecule has 0 unspecified atom stereocenters. The lowest BCUT2D eigenvalue weighted by Gasteiger charge is -2.33. The molecule has 0 saturated carbocycles. The second kappa shape index (κ2) is 6.17. The Kier molecular flexibility index (Phi) is 4.11. The minimum Gasteiger partial charge on any atom is -0.395 e. The van der Waals surface area contributed by atoms with Crippen molar-refractivity contribution in [2.24, 2.45) is 0 Å². The third-order valence-electron chi connectivity index (χ3n) is 3.60. The monoisotopic (exact) mass is 273 g/mol. The number of aliphatic hydroxyl groups is 1. The van der Waals surface area contributed by atoms with Crippen molar-refractivity contribution in [3.63, 3.8) is 0 Å². The van der Waals surface area contributed by atoms with Crippen LogP contribution in [0.15, 0.2) is 42.7 Å². The van der Waals surface area contributed by atoms with Gasteiger partial charge in [0.25, 0.3) is 0 Å². The number of hydrogen-bond acceptors (Lipinski definition) is 4. The van der Waals surface area contributed by atoms with E-state index >= 15 is 0 Å². The molecule has 1 atom stereocenters. The lowest BCUT2D eigenvalue weighted by atomic mass is 10.2. The molecule has 0 bridgehead atoms. The molecular weight excluding hydrogens is 254 g/mol. The van der Waals surface area contributed by atoms with Gasteiger partial charge in [-0.15, -0.1) is 0 Å². The summed E-state index contributed by atoms with van der Waals surface area (Å²) in [5, 5.41) is 13.8. The average Bonchev–Trinajstić information content (AvgIpc) is 2.97. The summed E-state index contributed by atoms with van der Waals surface area (Å²) in [4.78, 5) is 2.25. The number of hydrogen-bond donors (Lipinski definition) is 1. The highest BCUT2D eigenvalue weighted by Crippen LogP contribution is 2.13. The largest absolute Gasteiger partial charge is 0.395 e. The fraction of sp³-hybridized carbons (Fsp3) is 0.400. The fourth-order valence-electron chi connectivity index (χ4n) is 2.46. The van der Waals surface area contributed by atoms with Crippen LogP contribution in [0.4, 0.5) is 0 Å². The highest BCUT2D eigenvalue weighted by atomic mass is 16.5. The van der Waals surface area contributed by atoms with E-state index in [0.29, 0.717) is 6.61 Å². The van der Waals surface area contributed by atoms with E-state index in [4.69, 9.17) is 4.74 Å². The Balaban J connectivity index is 1.71. The molecule has 1 fully saturated rings. The Hall–Kier alpha value is -1.69. The molecule has 2 aromatic rings. The molecule has 1 saturated heterocycles. The van der Waals surface area contributed by atoms with Crippen LogP contribution in [0.1, 0.15) is 5.56 Å². The summed E-state index contributed by atoms with van der Waals surface area (Å²) in [6.07, 6.45) is 3.93.